The molecular formula is C13H10O5. The van der Waals surface area contributed by atoms with Gasteiger partial charge in [0.1, 0.15) is 17.3 Å². The minimum absolute atomic E-state index is 0.314. The van der Waals surface area contributed by atoms with Gasteiger partial charge in [-0.25, -0.2) is 9.59 Å². The van der Waals surface area contributed by atoms with Crippen molar-refractivity contribution in [3.05, 3.63) is 29.3 Å². The van der Waals surface area contributed by atoms with Crippen LogP contribution in [0, 0.1) is 0 Å². The third-order valence-electron chi connectivity index (χ3n) is 2.90. The van der Waals surface area contributed by atoms with E-state index >= 15 is 0 Å². The van der Waals surface area contributed by atoms with Crippen LogP contribution in [0.1, 0.15) is 35.9 Å². The number of furan rings is 2. The molecule has 1 atom stereocenters. The molecule has 92 valence electrons. The number of hydrogen-bond donors (Lipinski definition) is 0. The average Bonchev–Trinajstić information content (AvgIpc) is 2.89. The molecule has 0 N–H and O–H groups in total. The molecule has 0 aliphatic carbocycles. The predicted molar refractivity (Wildman–Crippen MR) is 61.7 cm³/mol. The largest absolute Gasteiger partial charge is 0.454 e. The lowest BCUT2D eigenvalue weighted by molar-refractivity contribution is -0.143. The maximum atomic E-state index is 11.5. The molecule has 0 spiro atoms. The Labute approximate surface area is 102 Å². The van der Waals surface area contributed by atoms with Crippen molar-refractivity contribution < 1.29 is 23.5 Å². The normalized spacial score (nSPS) is 14.9. The van der Waals surface area contributed by atoms with Crippen LogP contribution in [-0.4, -0.2) is 11.9 Å². The maximum absolute atomic E-state index is 11.5. The van der Waals surface area contributed by atoms with Gasteiger partial charge in [0.15, 0.2) is 11.3 Å². The first-order valence-corrected chi connectivity index (χ1v) is 5.46. The second-order valence-electron chi connectivity index (χ2n) is 4.31. The lowest BCUT2D eigenvalue weighted by Gasteiger charge is -2.12. The van der Waals surface area contributed by atoms with Gasteiger partial charge in [-0.05, 0) is 19.9 Å². The summed E-state index contributed by atoms with van der Waals surface area (Å²) >= 11 is 0. The highest BCUT2D eigenvalue weighted by Gasteiger charge is 2.37. The number of carbonyl (C=O) groups is 2. The van der Waals surface area contributed by atoms with E-state index in [2.05, 4.69) is 6.58 Å². The first-order valence-electron chi connectivity index (χ1n) is 5.46. The molecule has 0 saturated heterocycles. The summed E-state index contributed by atoms with van der Waals surface area (Å²) in [4.78, 5) is 22.9. The van der Waals surface area contributed by atoms with Crippen LogP contribution in [0.15, 0.2) is 22.6 Å². The van der Waals surface area contributed by atoms with E-state index in [9.17, 15) is 9.59 Å². The quantitative estimate of drug-likeness (QED) is 0.615. The van der Waals surface area contributed by atoms with Crippen LogP contribution in [0.3, 0.4) is 0 Å². The molecule has 2 aromatic heterocycles. The van der Waals surface area contributed by atoms with E-state index in [1.165, 1.54) is 0 Å². The maximum Gasteiger partial charge on any atom is 0.347 e. The summed E-state index contributed by atoms with van der Waals surface area (Å²) in [6.07, 6.45) is -0.555. The zero-order chi connectivity index (χ0) is 13.0. The van der Waals surface area contributed by atoms with Gasteiger partial charge in [0.05, 0.1) is 5.56 Å². The molecule has 0 radical (unpaired) electrons. The Morgan fingerprint density at radius 2 is 2.22 bits per heavy atom. The Kier molecular flexibility index (Phi) is 2.02. The zero-order valence-electron chi connectivity index (χ0n) is 9.90. The molecule has 1 unspecified atom stereocenters. The lowest BCUT2D eigenvalue weighted by Crippen LogP contribution is -2.09. The Morgan fingerprint density at radius 3 is 2.89 bits per heavy atom. The van der Waals surface area contributed by atoms with Crippen molar-refractivity contribution in [1.29, 1.82) is 0 Å². The van der Waals surface area contributed by atoms with Crippen LogP contribution >= 0.6 is 0 Å². The van der Waals surface area contributed by atoms with Gasteiger partial charge in [-0.1, -0.05) is 6.58 Å². The van der Waals surface area contributed by atoms with Gasteiger partial charge in [-0.2, -0.15) is 0 Å². The van der Waals surface area contributed by atoms with Crippen molar-refractivity contribution in [1.82, 2.24) is 0 Å². The fraction of sp³-hybridized carbons (Fsp3) is 0.231. The van der Waals surface area contributed by atoms with Gasteiger partial charge in [0.25, 0.3) is 0 Å². The summed E-state index contributed by atoms with van der Waals surface area (Å²) in [5, 5.41) is 0. The van der Waals surface area contributed by atoms with Crippen LogP contribution in [0.2, 0.25) is 0 Å². The fourth-order valence-electron chi connectivity index (χ4n) is 2.03. The van der Waals surface area contributed by atoms with Gasteiger partial charge in [0.2, 0.25) is 0 Å². The first kappa shape index (κ1) is 10.8. The summed E-state index contributed by atoms with van der Waals surface area (Å²) < 4.78 is 15.7. The standard InChI is InChI=1S/C13H10O5/c1-5(2)12(14)16-6(3)9-8-4-7-10(17-8)11(9)18-13(7)15/h4,6H,1H2,2-3H3. The zero-order valence-corrected chi connectivity index (χ0v) is 9.90. The van der Waals surface area contributed by atoms with Crippen molar-refractivity contribution in [2.75, 3.05) is 0 Å². The van der Waals surface area contributed by atoms with E-state index in [-0.39, 0.29) is 0 Å². The van der Waals surface area contributed by atoms with E-state index in [1.54, 1.807) is 19.9 Å². The van der Waals surface area contributed by atoms with Crippen molar-refractivity contribution in [3.63, 3.8) is 0 Å². The first-order chi connectivity index (χ1) is 8.49. The topological polar surface area (TPSA) is 65.7 Å². The molecular weight excluding hydrogens is 236 g/mol. The minimum Gasteiger partial charge on any atom is -0.454 e. The van der Waals surface area contributed by atoms with Crippen LogP contribution in [0.25, 0.3) is 11.2 Å². The second-order valence-corrected chi connectivity index (χ2v) is 4.31. The second kappa shape index (κ2) is 3.35. The van der Waals surface area contributed by atoms with E-state index < -0.39 is 18.0 Å². The molecule has 0 aromatic carbocycles. The molecule has 18 heavy (non-hydrogen) atoms. The summed E-state index contributed by atoms with van der Waals surface area (Å²) in [6, 6.07) is 1.61. The SMILES string of the molecule is C=C(C)C(=O)OC(C)c1c2c3oc1cc3C(=O)O2. The number of rotatable bonds is 3. The predicted octanol–water partition coefficient (Wildman–Crippen LogP) is 2.58. The molecule has 0 amide bonds. The molecule has 0 saturated carbocycles. The number of hydrogen-bond acceptors (Lipinski definition) is 5. The van der Waals surface area contributed by atoms with E-state index in [0.717, 1.165) is 0 Å². The summed E-state index contributed by atoms with van der Waals surface area (Å²) in [5.41, 5.74) is 2.29. The van der Waals surface area contributed by atoms with E-state index in [1.807, 2.05) is 0 Å². The van der Waals surface area contributed by atoms with Crippen LogP contribution in [-0.2, 0) is 9.53 Å². The molecule has 5 nitrogen and oxygen atoms in total. The molecule has 2 bridgehead atoms. The highest BCUT2D eigenvalue weighted by atomic mass is 16.6. The lowest BCUT2D eigenvalue weighted by atomic mass is 10.1. The highest BCUT2D eigenvalue weighted by Crippen LogP contribution is 2.47. The Morgan fingerprint density at radius 1 is 1.50 bits per heavy atom. The van der Waals surface area contributed by atoms with Crippen LogP contribution < -0.4 is 4.74 Å². The van der Waals surface area contributed by atoms with Crippen molar-refractivity contribution in [2.24, 2.45) is 0 Å². The van der Waals surface area contributed by atoms with Crippen molar-refractivity contribution >= 4 is 23.1 Å². The van der Waals surface area contributed by atoms with Gasteiger partial charge < -0.3 is 13.9 Å². The van der Waals surface area contributed by atoms with Crippen LogP contribution in [0.5, 0.6) is 5.75 Å². The molecule has 3 heterocycles. The van der Waals surface area contributed by atoms with E-state index in [4.69, 9.17) is 13.9 Å². The van der Waals surface area contributed by atoms with Crippen LogP contribution in [0.4, 0.5) is 0 Å². The molecule has 1 aliphatic heterocycles. The fourth-order valence-corrected chi connectivity index (χ4v) is 2.03. The van der Waals surface area contributed by atoms with E-state index in [0.29, 0.717) is 33.6 Å². The van der Waals surface area contributed by atoms with Gasteiger partial charge >= 0.3 is 11.9 Å². The molecule has 2 aromatic rings. The Bertz CT molecular complexity index is 679. The Hall–Kier alpha value is -2.30. The molecule has 5 heteroatoms. The molecule has 3 rings (SSSR count). The van der Waals surface area contributed by atoms with Gasteiger partial charge in [0, 0.05) is 5.57 Å². The van der Waals surface area contributed by atoms with Crippen molar-refractivity contribution in [2.45, 2.75) is 20.0 Å². The number of esters is 2. The smallest absolute Gasteiger partial charge is 0.347 e. The number of carbonyl (C=O) groups excluding carboxylic acids is 2. The summed E-state index contributed by atoms with van der Waals surface area (Å²) in [6.45, 7) is 6.78. The third kappa shape index (κ3) is 1.27. The number of ether oxygens (including phenoxy) is 2. The van der Waals surface area contributed by atoms with Gasteiger partial charge in [-0.3, -0.25) is 0 Å². The minimum atomic E-state index is -0.555. The Balaban J connectivity index is 1.95. The highest BCUT2D eigenvalue weighted by molar-refractivity contribution is 6.09. The number of benzene rings is 1. The number of fused-ring (bicyclic) bond motifs is 1. The summed E-state index contributed by atoms with van der Waals surface area (Å²) in [5.74, 6) is -0.546. The monoisotopic (exact) mass is 246 g/mol. The van der Waals surface area contributed by atoms with Crippen molar-refractivity contribution in [3.8, 4) is 5.75 Å². The molecule has 0 fully saturated rings. The third-order valence-corrected chi connectivity index (χ3v) is 2.90. The average molecular weight is 246 g/mol. The molecule has 1 aliphatic rings. The van der Waals surface area contributed by atoms with Gasteiger partial charge in [-0.15, -0.1) is 0 Å². The summed E-state index contributed by atoms with van der Waals surface area (Å²) in [7, 11) is 0.